The van der Waals surface area contributed by atoms with Crippen LogP contribution in [0.3, 0.4) is 0 Å². The Hall–Kier alpha value is -0.280. The Morgan fingerprint density at radius 2 is 1.46 bits per heavy atom. The highest BCUT2D eigenvalue weighted by atomic mass is 32.1. The summed E-state index contributed by atoms with van der Waals surface area (Å²) in [5.74, 6) is 0.389. The summed E-state index contributed by atoms with van der Waals surface area (Å²) in [7, 11) is 0. The molecule has 0 saturated carbocycles. The Kier molecular flexibility index (Phi) is 6.37. The van der Waals surface area contributed by atoms with E-state index >= 15 is 0 Å². The van der Waals surface area contributed by atoms with Crippen LogP contribution >= 0.6 is 27.0 Å². The van der Waals surface area contributed by atoms with Gasteiger partial charge in [-0.05, 0) is 17.0 Å². The van der Waals surface area contributed by atoms with E-state index in [-0.39, 0.29) is 32.4 Å². The van der Waals surface area contributed by atoms with E-state index in [2.05, 4.69) is 20.8 Å². The van der Waals surface area contributed by atoms with Crippen LogP contribution in [-0.2, 0) is 5.41 Å². The maximum atomic E-state index is 9.45. The van der Waals surface area contributed by atoms with E-state index in [0.29, 0.717) is 5.75 Å². The van der Waals surface area contributed by atoms with Crippen molar-refractivity contribution in [2.24, 2.45) is 0 Å². The summed E-state index contributed by atoms with van der Waals surface area (Å²) in [5, 5.41) is 9.45. The van der Waals surface area contributed by atoms with Gasteiger partial charge in [0.2, 0.25) is 0 Å². The van der Waals surface area contributed by atoms with E-state index in [1.54, 1.807) is 6.07 Å². The lowest BCUT2D eigenvalue weighted by molar-refractivity contribution is 0.447. The molecule has 1 aromatic carbocycles. The van der Waals surface area contributed by atoms with Crippen LogP contribution in [0.25, 0.3) is 0 Å². The third-order valence-electron chi connectivity index (χ3n) is 1.71. The van der Waals surface area contributed by atoms with Gasteiger partial charge in [-0.1, -0.05) is 39.0 Å². The molecule has 0 saturated heterocycles. The molecule has 0 aromatic heterocycles. The van der Waals surface area contributed by atoms with E-state index in [4.69, 9.17) is 0 Å². The lowest BCUT2D eigenvalue weighted by Crippen LogP contribution is -2.10. The highest BCUT2D eigenvalue weighted by Gasteiger charge is 2.16. The van der Waals surface area contributed by atoms with Crippen molar-refractivity contribution in [1.82, 2.24) is 0 Å². The second-order valence-electron chi connectivity index (χ2n) is 3.77. The Labute approximate surface area is 94.1 Å². The van der Waals surface area contributed by atoms with Gasteiger partial charge in [0.25, 0.3) is 0 Å². The summed E-state index contributed by atoms with van der Waals surface area (Å²) < 4.78 is 0. The summed E-state index contributed by atoms with van der Waals surface area (Å²) in [6.45, 7) is 6.26. The molecule has 0 aliphatic rings. The Balaban J connectivity index is 0. The summed E-state index contributed by atoms with van der Waals surface area (Å²) in [6, 6.07) is 7.46. The summed E-state index contributed by atoms with van der Waals surface area (Å²) in [4.78, 5) is 0. The van der Waals surface area contributed by atoms with Crippen molar-refractivity contribution in [1.29, 1.82) is 0 Å². The van der Waals surface area contributed by atoms with Crippen molar-refractivity contribution < 1.29 is 5.11 Å². The molecule has 0 unspecified atom stereocenters. The fraction of sp³-hybridized carbons (Fsp3) is 0.400. The highest BCUT2D eigenvalue weighted by Crippen LogP contribution is 2.29. The smallest absolute Gasteiger partial charge is 0.119 e. The van der Waals surface area contributed by atoms with Crippen LogP contribution in [0, 0.1) is 0 Å². The molecule has 13 heavy (non-hydrogen) atoms. The number of phenolic OH excluding ortho intramolecular Hbond substituents is 1. The van der Waals surface area contributed by atoms with Gasteiger partial charge in [0.05, 0.1) is 0 Å². The van der Waals surface area contributed by atoms with Crippen molar-refractivity contribution in [3.63, 3.8) is 0 Å². The number of para-hydroxylation sites is 1. The molecular weight excluding hydrogens is 200 g/mol. The molecule has 0 aliphatic carbocycles. The summed E-state index contributed by atoms with van der Waals surface area (Å²) in [6.07, 6.45) is 0. The third-order valence-corrected chi connectivity index (χ3v) is 1.71. The lowest BCUT2D eigenvalue weighted by Gasteiger charge is -2.19. The number of aromatic hydroxyl groups is 1. The van der Waals surface area contributed by atoms with Crippen LogP contribution < -0.4 is 0 Å². The van der Waals surface area contributed by atoms with Crippen LogP contribution in [0.5, 0.6) is 5.75 Å². The normalized spacial score (nSPS) is 9.77. The quantitative estimate of drug-likeness (QED) is 0.710. The molecule has 0 atom stereocenters. The van der Waals surface area contributed by atoms with Gasteiger partial charge >= 0.3 is 0 Å². The molecule has 0 aliphatic heterocycles. The van der Waals surface area contributed by atoms with E-state index in [0.717, 1.165) is 5.56 Å². The molecular formula is C10H18OS2. The first kappa shape index (κ1) is 15.2. The van der Waals surface area contributed by atoms with Crippen LogP contribution in [0.2, 0.25) is 0 Å². The Morgan fingerprint density at radius 3 is 1.77 bits per heavy atom. The van der Waals surface area contributed by atoms with E-state index < -0.39 is 0 Å². The van der Waals surface area contributed by atoms with E-state index in [1.165, 1.54) is 0 Å². The molecule has 1 N–H and O–H groups in total. The van der Waals surface area contributed by atoms with Crippen LogP contribution in [-0.4, -0.2) is 5.11 Å². The molecule has 0 radical (unpaired) electrons. The zero-order valence-corrected chi connectivity index (χ0v) is 10.3. The topological polar surface area (TPSA) is 20.2 Å². The number of rotatable bonds is 0. The molecule has 1 nitrogen and oxygen atoms in total. The fourth-order valence-corrected chi connectivity index (χ4v) is 1.11. The minimum absolute atomic E-state index is 0. The first-order chi connectivity index (χ1) is 5.02. The first-order valence-corrected chi connectivity index (χ1v) is 3.80. The van der Waals surface area contributed by atoms with E-state index in [9.17, 15) is 5.11 Å². The zero-order valence-electron chi connectivity index (χ0n) is 8.26. The number of benzene rings is 1. The number of hydrogen-bond acceptors (Lipinski definition) is 1. The molecule has 0 spiro atoms. The molecule has 0 heterocycles. The van der Waals surface area contributed by atoms with E-state index in [1.807, 2.05) is 18.2 Å². The average Bonchev–Trinajstić information content (AvgIpc) is 1.86. The van der Waals surface area contributed by atoms with Crippen LogP contribution in [0.15, 0.2) is 24.3 Å². The van der Waals surface area contributed by atoms with Crippen LogP contribution in [0.1, 0.15) is 26.3 Å². The standard InChI is InChI=1S/C10H14O.2H2S/c1-10(2,3)8-6-4-5-7-9(8)11;;/h4-7,11H,1-3H3;2*1H2. The summed E-state index contributed by atoms with van der Waals surface area (Å²) in [5.41, 5.74) is 1.03. The number of hydrogen-bond donors (Lipinski definition) is 1. The third kappa shape index (κ3) is 3.96. The predicted molar refractivity (Wildman–Crippen MR) is 67.6 cm³/mol. The van der Waals surface area contributed by atoms with Crippen molar-refractivity contribution in [3.8, 4) is 5.75 Å². The van der Waals surface area contributed by atoms with Gasteiger partial charge < -0.3 is 5.11 Å². The lowest BCUT2D eigenvalue weighted by atomic mass is 9.86. The molecule has 0 amide bonds. The van der Waals surface area contributed by atoms with Crippen LogP contribution in [0.4, 0.5) is 0 Å². The maximum absolute atomic E-state index is 9.45. The minimum atomic E-state index is 0. The van der Waals surface area contributed by atoms with Crippen molar-refractivity contribution in [2.45, 2.75) is 26.2 Å². The van der Waals surface area contributed by atoms with Gasteiger partial charge in [-0.3, -0.25) is 0 Å². The van der Waals surface area contributed by atoms with Gasteiger partial charge in [0.15, 0.2) is 0 Å². The predicted octanol–water partition coefficient (Wildman–Crippen LogP) is 2.92. The zero-order chi connectivity index (χ0) is 8.48. The monoisotopic (exact) mass is 218 g/mol. The largest absolute Gasteiger partial charge is 0.508 e. The number of phenols is 1. The van der Waals surface area contributed by atoms with Gasteiger partial charge in [-0.2, -0.15) is 27.0 Å². The molecule has 3 heteroatoms. The molecule has 0 bridgehead atoms. The minimum Gasteiger partial charge on any atom is -0.508 e. The van der Waals surface area contributed by atoms with Crippen molar-refractivity contribution >= 4 is 27.0 Å². The average molecular weight is 218 g/mol. The highest BCUT2D eigenvalue weighted by molar-refractivity contribution is 7.59. The Bertz CT molecular complexity index is 253. The van der Waals surface area contributed by atoms with Crippen molar-refractivity contribution in [2.75, 3.05) is 0 Å². The second kappa shape index (κ2) is 5.45. The van der Waals surface area contributed by atoms with Gasteiger partial charge in [0, 0.05) is 0 Å². The first-order valence-electron chi connectivity index (χ1n) is 3.80. The maximum Gasteiger partial charge on any atom is 0.119 e. The fourth-order valence-electron chi connectivity index (χ4n) is 1.11. The second-order valence-corrected chi connectivity index (χ2v) is 3.77. The Morgan fingerprint density at radius 1 is 1.00 bits per heavy atom. The SMILES string of the molecule is CC(C)(C)c1ccccc1O.S.S. The van der Waals surface area contributed by atoms with Crippen molar-refractivity contribution in [3.05, 3.63) is 29.8 Å². The molecule has 0 fully saturated rings. The molecule has 76 valence electrons. The van der Waals surface area contributed by atoms with Gasteiger partial charge in [0.1, 0.15) is 5.75 Å². The van der Waals surface area contributed by atoms with Gasteiger partial charge in [-0.25, -0.2) is 0 Å². The molecule has 1 aromatic rings. The molecule has 1 rings (SSSR count). The van der Waals surface area contributed by atoms with Gasteiger partial charge in [-0.15, -0.1) is 0 Å². The summed E-state index contributed by atoms with van der Waals surface area (Å²) >= 11 is 0.